The Morgan fingerprint density at radius 2 is 2.11 bits per heavy atom. The first-order valence-electron chi connectivity index (χ1n) is 9.78. The molecule has 2 saturated carbocycles. The highest BCUT2D eigenvalue weighted by atomic mass is 16.5. The smallest absolute Gasteiger partial charge is 0.250 e. The van der Waals surface area contributed by atoms with Gasteiger partial charge >= 0.3 is 0 Å². The van der Waals surface area contributed by atoms with E-state index in [0.717, 1.165) is 36.0 Å². The minimum absolute atomic E-state index is 0.211. The molecule has 1 N–H and O–H groups in total. The minimum Gasteiger partial charge on any atom is -0.490 e. The number of hydrogen-bond donors (Lipinski definition) is 1. The zero-order valence-corrected chi connectivity index (χ0v) is 15.7. The number of anilines is 1. The summed E-state index contributed by atoms with van der Waals surface area (Å²) >= 11 is 0. The molecule has 2 aliphatic rings. The van der Waals surface area contributed by atoms with Crippen LogP contribution in [0.5, 0.6) is 5.75 Å². The molecule has 4 rings (SSSR count). The molecule has 6 heteroatoms. The SMILES string of the molecule is CN(C/C=C/C(=O)Nc1ncc2ccc(OC3CCCC3)cc2n1)C1CC1. The van der Waals surface area contributed by atoms with E-state index in [4.69, 9.17) is 4.74 Å². The lowest BCUT2D eigenvalue weighted by Crippen LogP contribution is -2.21. The quantitative estimate of drug-likeness (QED) is 0.759. The minimum atomic E-state index is -0.211. The molecular weight excluding hydrogens is 340 g/mol. The van der Waals surface area contributed by atoms with Crippen LogP contribution in [-0.2, 0) is 4.79 Å². The van der Waals surface area contributed by atoms with Crippen LogP contribution in [0, 0.1) is 0 Å². The first kappa shape index (κ1) is 17.9. The Hall–Kier alpha value is -2.47. The zero-order valence-electron chi connectivity index (χ0n) is 15.7. The molecule has 0 atom stereocenters. The Bertz CT molecular complexity index is 841. The molecular formula is C21H26N4O2. The molecule has 1 aromatic heterocycles. The van der Waals surface area contributed by atoms with Gasteiger partial charge in [0.15, 0.2) is 0 Å². The third kappa shape index (κ3) is 4.83. The van der Waals surface area contributed by atoms with Crippen LogP contribution in [-0.4, -0.2) is 46.5 Å². The normalized spacial score (nSPS) is 17.9. The maximum absolute atomic E-state index is 12.1. The van der Waals surface area contributed by atoms with Gasteiger partial charge in [0.2, 0.25) is 11.9 Å². The number of ether oxygens (including phenoxy) is 1. The van der Waals surface area contributed by atoms with Crippen molar-refractivity contribution in [3.8, 4) is 5.75 Å². The van der Waals surface area contributed by atoms with E-state index in [2.05, 4.69) is 27.2 Å². The summed E-state index contributed by atoms with van der Waals surface area (Å²) in [5.74, 6) is 0.927. The Balaban J connectivity index is 1.38. The molecule has 142 valence electrons. The fraction of sp³-hybridized carbons (Fsp3) is 0.476. The summed E-state index contributed by atoms with van der Waals surface area (Å²) in [7, 11) is 2.08. The van der Waals surface area contributed by atoms with Gasteiger partial charge in [-0.25, -0.2) is 9.97 Å². The van der Waals surface area contributed by atoms with Crippen LogP contribution in [0.4, 0.5) is 5.95 Å². The molecule has 1 aromatic carbocycles. The highest BCUT2D eigenvalue weighted by Crippen LogP contribution is 2.26. The van der Waals surface area contributed by atoms with E-state index < -0.39 is 0 Å². The monoisotopic (exact) mass is 366 g/mol. The van der Waals surface area contributed by atoms with Crippen LogP contribution in [0.1, 0.15) is 38.5 Å². The summed E-state index contributed by atoms with van der Waals surface area (Å²) in [6.45, 7) is 0.776. The summed E-state index contributed by atoms with van der Waals surface area (Å²) in [6, 6.07) is 6.52. The largest absolute Gasteiger partial charge is 0.490 e. The second-order valence-corrected chi connectivity index (χ2v) is 7.50. The first-order valence-corrected chi connectivity index (χ1v) is 9.78. The van der Waals surface area contributed by atoms with Gasteiger partial charge in [0, 0.05) is 36.3 Å². The highest BCUT2D eigenvalue weighted by molar-refractivity contribution is 5.98. The van der Waals surface area contributed by atoms with Crippen molar-refractivity contribution in [1.29, 1.82) is 0 Å². The van der Waals surface area contributed by atoms with Crippen molar-refractivity contribution in [1.82, 2.24) is 14.9 Å². The Kier molecular flexibility index (Phi) is 5.34. The van der Waals surface area contributed by atoms with Crippen LogP contribution in [0.15, 0.2) is 36.5 Å². The molecule has 6 nitrogen and oxygen atoms in total. The number of likely N-dealkylation sites (N-methyl/N-ethyl adjacent to an activating group) is 1. The molecule has 0 radical (unpaired) electrons. The molecule has 2 aliphatic carbocycles. The van der Waals surface area contributed by atoms with Crippen molar-refractivity contribution < 1.29 is 9.53 Å². The summed E-state index contributed by atoms with van der Waals surface area (Å²) in [4.78, 5) is 23.0. The van der Waals surface area contributed by atoms with E-state index in [-0.39, 0.29) is 5.91 Å². The van der Waals surface area contributed by atoms with Crippen LogP contribution in [0.2, 0.25) is 0 Å². The van der Waals surface area contributed by atoms with E-state index in [0.29, 0.717) is 18.1 Å². The van der Waals surface area contributed by atoms with Gasteiger partial charge in [0.25, 0.3) is 0 Å². The number of rotatable bonds is 7. The fourth-order valence-corrected chi connectivity index (χ4v) is 3.48. The number of nitrogens with zero attached hydrogens (tertiary/aromatic N) is 3. The maximum atomic E-state index is 12.1. The predicted molar refractivity (Wildman–Crippen MR) is 106 cm³/mol. The van der Waals surface area contributed by atoms with Gasteiger partial charge in [-0.3, -0.25) is 15.0 Å². The number of carbonyl (C=O) groups is 1. The number of carbonyl (C=O) groups excluding carboxylic acids is 1. The van der Waals surface area contributed by atoms with Crippen molar-refractivity contribution in [3.63, 3.8) is 0 Å². The molecule has 1 amide bonds. The number of benzene rings is 1. The van der Waals surface area contributed by atoms with Crippen LogP contribution in [0.25, 0.3) is 10.9 Å². The highest BCUT2D eigenvalue weighted by Gasteiger charge is 2.24. The number of nitrogens with one attached hydrogen (secondary N) is 1. The van der Waals surface area contributed by atoms with Gasteiger partial charge in [0.05, 0.1) is 11.6 Å². The van der Waals surface area contributed by atoms with Gasteiger partial charge in [-0.2, -0.15) is 0 Å². The number of aromatic nitrogens is 2. The van der Waals surface area contributed by atoms with Crippen LogP contribution >= 0.6 is 0 Å². The molecule has 0 spiro atoms. The second-order valence-electron chi connectivity index (χ2n) is 7.50. The Morgan fingerprint density at radius 1 is 1.30 bits per heavy atom. The Morgan fingerprint density at radius 3 is 2.89 bits per heavy atom. The van der Waals surface area contributed by atoms with E-state index in [1.165, 1.54) is 25.7 Å². The van der Waals surface area contributed by atoms with Gasteiger partial charge in [0.1, 0.15) is 5.75 Å². The molecule has 0 saturated heterocycles. The molecule has 2 fully saturated rings. The predicted octanol–water partition coefficient (Wildman–Crippen LogP) is 3.54. The molecule has 2 aromatic rings. The average Bonchev–Trinajstić information content (AvgIpc) is 3.39. The third-order valence-corrected chi connectivity index (χ3v) is 5.23. The standard InChI is InChI=1S/C21H26N4O2/c1-25(16-9-10-16)12-4-7-20(26)24-21-22-14-15-8-11-18(13-19(15)23-21)27-17-5-2-3-6-17/h4,7-8,11,13-14,16-17H,2-3,5-6,9-10,12H2,1H3,(H,22,23,24,26)/b7-4+. The molecule has 0 aliphatic heterocycles. The summed E-state index contributed by atoms with van der Waals surface area (Å²) in [6.07, 6.45) is 12.7. The van der Waals surface area contributed by atoms with Crippen LogP contribution < -0.4 is 10.1 Å². The summed E-state index contributed by atoms with van der Waals surface area (Å²) < 4.78 is 6.04. The maximum Gasteiger partial charge on any atom is 0.250 e. The van der Waals surface area contributed by atoms with Crippen molar-refractivity contribution in [2.24, 2.45) is 0 Å². The second kappa shape index (κ2) is 8.05. The molecule has 0 unspecified atom stereocenters. The van der Waals surface area contributed by atoms with Gasteiger partial charge in [-0.15, -0.1) is 0 Å². The van der Waals surface area contributed by atoms with Gasteiger partial charge in [-0.1, -0.05) is 6.08 Å². The lowest BCUT2D eigenvalue weighted by atomic mass is 10.2. The summed E-state index contributed by atoms with van der Waals surface area (Å²) in [5, 5.41) is 3.66. The van der Waals surface area contributed by atoms with Crippen molar-refractivity contribution >= 4 is 22.8 Å². The van der Waals surface area contributed by atoms with Crippen LogP contribution in [0.3, 0.4) is 0 Å². The first-order chi connectivity index (χ1) is 13.2. The number of hydrogen-bond acceptors (Lipinski definition) is 5. The van der Waals surface area contributed by atoms with E-state index >= 15 is 0 Å². The van der Waals surface area contributed by atoms with Crippen molar-refractivity contribution in [2.45, 2.75) is 50.7 Å². The van der Waals surface area contributed by atoms with E-state index in [1.54, 1.807) is 12.3 Å². The number of fused-ring (bicyclic) bond motifs is 1. The fourth-order valence-electron chi connectivity index (χ4n) is 3.48. The van der Waals surface area contributed by atoms with E-state index in [9.17, 15) is 4.79 Å². The molecule has 0 bridgehead atoms. The zero-order chi connectivity index (χ0) is 18.6. The van der Waals surface area contributed by atoms with Crippen molar-refractivity contribution in [2.75, 3.05) is 18.9 Å². The molecule has 27 heavy (non-hydrogen) atoms. The molecule has 1 heterocycles. The average molecular weight is 366 g/mol. The van der Waals surface area contributed by atoms with E-state index in [1.807, 2.05) is 24.3 Å². The third-order valence-electron chi connectivity index (χ3n) is 5.23. The topological polar surface area (TPSA) is 67.4 Å². The Labute approximate surface area is 159 Å². The van der Waals surface area contributed by atoms with Gasteiger partial charge in [-0.05, 0) is 57.7 Å². The number of amides is 1. The lowest BCUT2D eigenvalue weighted by molar-refractivity contribution is -0.112. The summed E-state index contributed by atoms with van der Waals surface area (Å²) in [5.41, 5.74) is 0.772. The van der Waals surface area contributed by atoms with Crippen molar-refractivity contribution in [3.05, 3.63) is 36.5 Å². The lowest BCUT2D eigenvalue weighted by Gasteiger charge is -2.13. The van der Waals surface area contributed by atoms with Gasteiger partial charge < -0.3 is 4.74 Å².